The molecule has 23 heavy (non-hydrogen) atoms. The van der Waals surface area contributed by atoms with Crippen molar-refractivity contribution in [2.24, 2.45) is 17.3 Å². The van der Waals surface area contributed by atoms with Crippen LogP contribution in [0.25, 0.3) is 0 Å². The van der Waals surface area contributed by atoms with Crippen LogP contribution in [0.4, 0.5) is 17.6 Å². The van der Waals surface area contributed by atoms with Crippen LogP contribution in [-0.4, -0.2) is 5.97 Å². The minimum absolute atomic E-state index is 0.0267. The van der Waals surface area contributed by atoms with Gasteiger partial charge in [-0.1, -0.05) is 26.0 Å². The van der Waals surface area contributed by atoms with Crippen molar-refractivity contribution in [3.8, 4) is 0 Å². The third kappa shape index (κ3) is 2.86. The number of hydrogen-bond acceptors (Lipinski definition) is 2. The first kappa shape index (κ1) is 17.5. The summed E-state index contributed by atoms with van der Waals surface area (Å²) in [6.45, 7) is 5.64. The Labute approximate surface area is 132 Å². The zero-order chi connectivity index (χ0) is 17.5. The summed E-state index contributed by atoms with van der Waals surface area (Å²) in [6.07, 6.45) is 3.67. The zero-order valence-electron chi connectivity index (χ0n) is 13.3. The van der Waals surface area contributed by atoms with Gasteiger partial charge in [-0.25, -0.2) is 17.6 Å². The first-order chi connectivity index (χ1) is 10.6. The average molecular weight is 330 g/mol. The number of hydrogen-bond donors (Lipinski definition) is 0. The summed E-state index contributed by atoms with van der Waals surface area (Å²) in [5.74, 6) is -7.13. The minimum Gasteiger partial charge on any atom is -0.460 e. The summed E-state index contributed by atoms with van der Waals surface area (Å²) in [6, 6.07) is 0. The van der Waals surface area contributed by atoms with Crippen LogP contribution in [0.3, 0.4) is 0 Å². The Kier molecular flexibility index (Phi) is 4.55. The highest BCUT2D eigenvalue weighted by Crippen LogP contribution is 2.59. The molecule has 2 unspecified atom stereocenters. The average Bonchev–Trinajstić information content (AvgIpc) is 3.04. The van der Waals surface area contributed by atoms with Crippen molar-refractivity contribution in [3.63, 3.8) is 0 Å². The Morgan fingerprint density at radius 2 is 1.65 bits per heavy atom. The van der Waals surface area contributed by atoms with Gasteiger partial charge in [0.1, 0.15) is 6.61 Å². The molecule has 0 bridgehead atoms. The third-order valence-corrected chi connectivity index (χ3v) is 4.50. The molecule has 1 aromatic carbocycles. The van der Waals surface area contributed by atoms with E-state index < -0.39 is 52.9 Å². The number of benzene rings is 1. The molecule has 0 radical (unpaired) electrons. The summed E-state index contributed by atoms with van der Waals surface area (Å²) >= 11 is 0. The van der Waals surface area contributed by atoms with E-state index in [4.69, 9.17) is 4.74 Å². The minimum atomic E-state index is -1.53. The van der Waals surface area contributed by atoms with Crippen LogP contribution in [0.15, 0.2) is 12.2 Å². The van der Waals surface area contributed by atoms with Crippen LogP contribution in [-0.2, 0) is 16.1 Å². The quantitative estimate of drug-likeness (QED) is 0.353. The maximum absolute atomic E-state index is 13.7. The number of carbonyl (C=O) groups excluding carboxylic acids is 1. The Morgan fingerprint density at radius 1 is 1.13 bits per heavy atom. The molecule has 126 valence electrons. The highest BCUT2D eigenvalue weighted by molar-refractivity contribution is 5.78. The second kappa shape index (κ2) is 5.98. The van der Waals surface area contributed by atoms with Crippen LogP contribution in [0.5, 0.6) is 0 Å². The van der Waals surface area contributed by atoms with Gasteiger partial charge in [0.25, 0.3) is 0 Å². The van der Waals surface area contributed by atoms with Gasteiger partial charge in [0, 0.05) is 5.56 Å². The van der Waals surface area contributed by atoms with E-state index in [9.17, 15) is 22.4 Å². The first-order valence-corrected chi connectivity index (χ1v) is 7.25. The van der Waals surface area contributed by atoms with Crippen LogP contribution < -0.4 is 0 Å². The van der Waals surface area contributed by atoms with Gasteiger partial charge in [-0.15, -0.1) is 0 Å². The van der Waals surface area contributed by atoms with Gasteiger partial charge in [-0.2, -0.15) is 0 Å². The zero-order valence-corrected chi connectivity index (χ0v) is 13.3. The molecular formula is C17H18F4O2. The van der Waals surface area contributed by atoms with Crippen LogP contribution in [0.1, 0.15) is 31.9 Å². The predicted molar refractivity (Wildman–Crippen MR) is 76.4 cm³/mol. The third-order valence-electron chi connectivity index (χ3n) is 4.50. The summed E-state index contributed by atoms with van der Waals surface area (Å²) in [7, 11) is 0. The summed E-state index contributed by atoms with van der Waals surface area (Å²) in [4.78, 5) is 12.1. The van der Waals surface area contributed by atoms with Crippen molar-refractivity contribution in [2.75, 3.05) is 0 Å². The Morgan fingerprint density at radius 3 is 2.13 bits per heavy atom. The van der Waals surface area contributed by atoms with Crippen LogP contribution >= 0.6 is 0 Å². The fourth-order valence-corrected chi connectivity index (χ4v) is 2.84. The molecule has 0 N–H and O–H groups in total. The number of carbonyl (C=O) groups is 1. The van der Waals surface area contributed by atoms with E-state index in [1.807, 2.05) is 32.9 Å². The van der Waals surface area contributed by atoms with Gasteiger partial charge in [-0.05, 0) is 25.2 Å². The molecule has 1 aliphatic carbocycles. The molecule has 0 heterocycles. The van der Waals surface area contributed by atoms with E-state index in [0.717, 1.165) is 6.92 Å². The fourth-order valence-electron chi connectivity index (χ4n) is 2.84. The van der Waals surface area contributed by atoms with Crippen molar-refractivity contribution >= 4 is 5.97 Å². The molecule has 1 aromatic rings. The molecule has 0 aromatic heterocycles. The second-order valence-corrected chi connectivity index (χ2v) is 6.32. The first-order valence-electron chi connectivity index (χ1n) is 7.25. The summed E-state index contributed by atoms with van der Waals surface area (Å²) in [5.41, 5.74) is -1.98. The van der Waals surface area contributed by atoms with Crippen LogP contribution in [0, 0.1) is 47.4 Å². The van der Waals surface area contributed by atoms with Crippen molar-refractivity contribution < 1.29 is 27.1 Å². The van der Waals surface area contributed by atoms with Gasteiger partial charge in [0.2, 0.25) is 0 Å². The highest BCUT2D eigenvalue weighted by Gasteiger charge is 2.61. The lowest BCUT2D eigenvalue weighted by molar-refractivity contribution is -0.147. The van der Waals surface area contributed by atoms with E-state index in [1.165, 1.54) is 0 Å². The van der Waals surface area contributed by atoms with Gasteiger partial charge in [0.15, 0.2) is 23.3 Å². The Balaban J connectivity index is 2.15. The number of allylic oxidation sites excluding steroid dienone is 2. The molecule has 2 nitrogen and oxygen atoms in total. The number of halogens is 4. The van der Waals surface area contributed by atoms with Crippen molar-refractivity contribution in [3.05, 3.63) is 46.5 Å². The maximum Gasteiger partial charge on any atom is 0.310 e. The van der Waals surface area contributed by atoms with E-state index >= 15 is 0 Å². The molecule has 0 amide bonds. The number of ether oxygens (including phenoxy) is 1. The van der Waals surface area contributed by atoms with Crippen molar-refractivity contribution in [2.45, 2.75) is 34.3 Å². The second-order valence-electron chi connectivity index (χ2n) is 6.32. The van der Waals surface area contributed by atoms with E-state index in [0.29, 0.717) is 0 Å². The Hall–Kier alpha value is -1.85. The molecule has 6 heteroatoms. The predicted octanol–water partition coefficient (Wildman–Crippen LogP) is 4.44. The Bertz CT molecular complexity index is 651. The molecule has 1 saturated carbocycles. The standard InChI is InChI=1S/C17H18F4O2/c1-5-6-10-11(17(10,3)4)16(22)23-7-9-14(20)12(18)8(2)13(19)15(9)21/h5-6,10-11H,7H2,1-4H3/b6-5-. The largest absolute Gasteiger partial charge is 0.460 e. The van der Waals surface area contributed by atoms with Crippen molar-refractivity contribution in [1.29, 1.82) is 0 Å². The molecule has 2 atom stereocenters. The molecular weight excluding hydrogens is 312 g/mol. The van der Waals surface area contributed by atoms with Gasteiger partial charge >= 0.3 is 5.97 Å². The molecule has 0 spiro atoms. The molecule has 0 saturated heterocycles. The number of rotatable bonds is 4. The lowest BCUT2D eigenvalue weighted by Gasteiger charge is -2.10. The van der Waals surface area contributed by atoms with E-state index in [-0.39, 0.29) is 11.3 Å². The summed E-state index contributed by atoms with van der Waals surface area (Å²) < 4.78 is 59.3. The monoisotopic (exact) mass is 330 g/mol. The fraction of sp³-hybridized carbons (Fsp3) is 0.471. The molecule has 1 fully saturated rings. The number of esters is 1. The SMILES string of the molecule is C/C=C\C1C(C(=O)OCc2c(F)c(F)c(C)c(F)c2F)C1(C)C. The highest BCUT2D eigenvalue weighted by atomic mass is 19.2. The van der Waals surface area contributed by atoms with Crippen molar-refractivity contribution in [1.82, 2.24) is 0 Å². The van der Waals surface area contributed by atoms with E-state index in [1.54, 1.807) is 0 Å². The van der Waals surface area contributed by atoms with Gasteiger partial charge in [0.05, 0.1) is 11.5 Å². The topological polar surface area (TPSA) is 26.3 Å². The van der Waals surface area contributed by atoms with E-state index in [2.05, 4.69) is 0 Å². The lowest BCUT2D eigenvalue weighted by Crippen LogP contribution is -2.14. The molecule has 1 aliphatic rings. The normalized spacial score (nSPS) is 22.4. The van der Waals surface area contributed by atoms with Gasteiger partial charge in [-0.3, -0.25) is 4.79 Å². The molecule has 0 aliphatic heterocycles. The maximum atomic E-state index is 13.7. The van der Waals surface area contributed by atoms with Gasteiger partial charge < -0.3 is 4.74 Å². The molecule has 2 rings (SSSR count). The smallest absolute Gasteiger partial charge is 0.310 e. The summed E-state index contributed by atoms with van der Waals surface area (Å²) in [5, 5.41) is 0. The van der Waals surface area contributed by atoms with Crippen LogP contribution in [0.2, 0.25) is 0 Å². The lowest BCUT2D eigenvalue weighted by atomic mass is 10.1.